The molecule has 98 valence electrons. The molecule has 18 heavy (non-hydrogen) atoms. The molecule has 0 bridgehead atoms. The Bertz CT molecular complexity index is 541. The number of rotatable bonds is 2. The number of hydrogen-bond donors (Lipinski definition) is 3. The average Bonchev–Trinajstić information content (AvgIpc) is 2.55. The van der Waals surface area contributed by atoms with Crippen molar-refractivity contribution in [1.82, 2.24) is 9.55 Å². The molecule has 7 nitrogen and oxygen atoms in total. The molecule has 2 heterocycles. The molecule has 7 heteroatoms. The zero-order valence-corrected chi connectivity index (χ0v) is 9.91. The number of nitrogens with two attached hydrogens (primary N) is 1. The summed E-state index contributed by atoms with van der Waals surface area (Å²) in [6, 6.07) is 1.44. The minimum absolute atomic E-state index is 0.102. The van der Waals surface area contributed by atoms with E-state index in [1.54, 1.807) is 6.92 Å². The molecule has 4 N–H and O–H groups in total. The van der Waals surface area contributed by atoms with Crippen LogP contribution in [-0.4, -0.2) is 38.1 Å². The van der Waals surface area contributed by atoms with Crippen molar-refractivity contribution in [3.63, 3.8) is 0 Å². The summed E-state index contributed by atoms with van der Waals surface area (Å²) >= 11 is 0. The van der Waals surface area contributed by atoms with Crippen LogP contribution in [0.1, 0.15) is 13.2 Å². The number of aromatic nitrogens is 2. The van der Waals surface area contributed by atoms with Gasteiger partial charge in [-0.3, -0.25) is 4.57 Å². The van der Waals surface area contributed by atoms with Crippen LogP contribution in [0.15, 0.2) is 29.2 Å². The molecule has 1 aliphatic rings. The van der Waals surface area contributed by atoms with Gasteiger partial charge in [-0.1, -0.05) is 6.58 Å². The zero-order chi connectivity index (χ0) is 13.5. The zero-order valence-electron chi connectivity index (χ0n) is 9.91. The van der Waals surface area contributed by atoms with E-state index in [-0.39, 0.29) is 12.4 Å². The van der Waals surface area contributed by atoms with Crippen molar-refractivity contribution in [2.75, 3.05) is 12.3 Å². The summed E-state index contributed by atoms with van der Waals surface area (Å²) in [5, 5.41) is 19.2. The molecule has 1 fully saturated rings. The highest BCUT2D eigenvalue weighted by Crippen LogP contribution is 2.38. The molecule has 0 aliphatic carbocycles. The summed E-state index contributed by atoms with van der Waals surface area (Å²) in [6.07, 6.45) is -0.509. The van der Waals surface area contributed by atoms with Crippen LogP contribution in [0.25, 0.3) is 0 Å². The Morgan fingerprint density at radius 3 is 2.89 bits per heavy atom. The molecular formula is C11H15N3O4. The predicted octanol–water partition coefficient (Wildman–Crippen LogP) is -0.978. The van der Waals surface area contributed by atoms with Gasteiger partial charge in [0, 0.05) is 11.8 Å². The molecule has 2 rings (SSSR count). The smallest absolute Gasteiger partial charge is 0.351 e. The summed E-state index contributed by atoms with van der Waals surface area (Å²) in [5.74, 6) is 0.102. The maximum atomic E-state index is 11.7. The molecular weight excluding hydrogens is 238 g/mol. The Labute approximate surface area is 103 Å². The maximum absolute atomic E-state index is 11.7. The van der Waals surface area contributed by atoms with Crippen molar-refractivity contribution in [1.29, 1.82) is 0 Å². The molecule has 1 aliphatic heterocycles. The summed E-state index contributed by atoms with van der Waals surface area (Å²) in [4.78, 5) is 15.3. The average molecular weight is 253 g/mol. The van der Waals surface area contributed by atoms with Crippen LogP contribution in [0.5, 0.6) is 0 Å². The first-order valence-corrected chi connectivity index (χ1v) is 5.39. The largest absolute Gasteiger partial charge is 0.393 e. The quantitative estimate of drug-likeness (QED) is 0.584. The number of nitrogens with zero attached hydrogens (tertiary/aromatic N) is 2. The van der Waals surface area contributed by atoms with Gasteiger partial charge in [-0.15, -0.1) is 0 Å². The standard InChI is InChI=1S/C11H15N3O4/c1-6-8(16)11(2,5-15)18-9(6)14-4-3-7(12)13-10(14)17/h3-4,8-9,15-16H,1,5H2,2H3,(H2,12,13,17)/t8-,9+,11+/m0/s1. The van der Waals surface area contributed by atoms with E-state index >= 15 is 0 Å². The highest BCUT2D eigenvalue weighted by molar-refractivity contribution is 5.25. The second kappa shape index (κ2) is 4.20. The lowest BCUT2D eigenvalue weighted by atomic mass is 9.97. The number of anilines is 1. The topological polar surface area (TPSA) is 111 Å². The Morgan fingerprint density at radius 2 is 2.39 bits per heavy atom. The third-order valence-electron chi connectivity index (χ3n) is 3.05. The summed E-state index contributed by atoms with van der Waals surface area (Å²) < 4.78 is 6.68. The molecule has 0 spiro atoms. The van der Waals surface area contributed by atoms with E-state index in [2.05, 4.69) is 11.6 Å². The van der Waals surface area contributed by atoms with Crippen molar-refractivity contribution in [2.24, 2.45) is 0 Å². The monoisotopic (exact) mass is 253 g/mol. The van der Waals surface area contributed by atoms with E-state index in [4.69, 9.17) is 10.5 Å². The first-order chi connectivity index (χ1) is 8.39. The Balaban J connectivity index is 2.41. The lowest BCUT2D eigenvalue weighted by Crippen LogP contribution is -2.40. The van der Waals surface area contributed by atoms with Crippen LogP contribution in [-0.2, 0) is 4.74 Å². The highest BCUT2D eigenvalue weighted by Gasteiger charge is 2.47. The van der Waals surface area contributed by atoms with Crippen LogP contribution in [0.4, 0.5) is 5.82 Å². The van der Waals surface area contributed by atoms with Gasteiger partial charge in [-0.2, -0.15) is 4.98 Å². The maximum Gasteiger partial charge on any atom is 0.351 e. The second-order valence-corrected chi connectivity index (χ2v) is 4.46. The van der Waals surface area contributed by atoms with Crippen molar-refractivity contribution in [3.05, 3.63) is 34.9 Å². The lowest BCUT2D eigenvalue weighted by Gasteiger charge is -2.24. The van der Waals surface area contributed by atoms with Crippen molar-refractivity contribution in [3.8, 4) is 0 Å². The summed E-state index contributed by atoms with van der Waals surface area (Å²) in [5.41, 5.74) is 3.90. The number of ether oxygens (including phenoxy) is 1. The van der Waals surface area contributed by atoms with Gasteiger partial charge in [0.15, 0.2) is 6.23 Å². The van der Waals surface area contributed by atoms with E-state index in [1.807, 2.05) is 0 Å². The molecule has 1 aromatic rings. The van der Waals surface area contributed by atoms with Gasteiger partial charge in [-0.25, -0.2) is 4.79 Å². The molecule has 0 amide bonds. The van der Waals surface area contributed by atoms with Crippen LogP contribution < -0.4 is 11.4 Å². The van der Waals surface area contributed by atoms with Gasteiger partial charge in [0.25, 0.3) is 0 Å². The molecule has 0 radical (unpaired) electrons. The number of aliphatic hydroxyl groups is 2. The van der Waals surface area contributed by atoms with Gasteiger partial charge in [0.2, 0.25) is 0 Å². The van der Waals surface area contributed by atoms with Gasteiger partial charge in [-0.05, 0) is 13.0 Å². The van der Waals surface area contributed by atoms with E-state index < -0.39 is 23.6 Å². The van der Waals surface area contributed by atoms with E-state index in [0.29, 0.717) is 5.57 Å². The minimum atomic E-state index is -1.18. The Morgan fingerprint density at radius 1 is 1.72 bits per heavy atom. The fourth-order valence-electron chi connectivity index (χ4n) is 1.89. The Kier molecular flexibility index (Phi) is 2.97. The minimum Gasteiger partial charge on any atom is -0.393 e. The highest BCUT2D eigenvalue weighted by atomic mass is 16.6. The number of hydrogen-bond acceptors (Lipinski definition) is 6. The second-order valence-electron chi connectivity index (χ2n) is 4.46. The van der Waals surface area contributed by atoms with E-state index in [0.717, 1.165) is 0 Å². The van der Waals surface area contributed by atoms with Gasteiger partial charge in [0.05, 0.1) is 6.61 Å². The van der Waals surface area contributed by atoms with Crippen LogP contribution in [0.2, 0.25) is 0 Å². The van der Waals surface area contributed by atoms with E-state index in [1.165, 1.54) is 16.8 Å². The molecule has 0 saturated carbocycles. The summed E-state index contributed by atoms with van der Waals surface area (Å²) in [7, 11) is 0. The summed E-state index contributed by atoms with van der Waals surface area (Å²) in [6.45, 7) is 4.85. The van der Waals surface area contributed by atoms with E-state index in [9.17, 15) is 15.0 Å². The van der Waals surface area contributed by atoms with Crippen molar-refractivity contribution < 1.29 is 14.9 Å². The molecule has 0 unspecified atom stereocenters. The first kappa shape index (κ1) is 12.7. The molecule has 1 aromatic heterocycles. The lowest BCUT2D eigenvalue weighted by molar-refractivity contribution is -0.116. The normalized spacial score (nSPS) is 31.8. The van der Waals surface area contributed by atoms with Crippen LogP contribution in [0, 0.1) is 0 Å². The van der Waals surface area contributed by atoms with Crippen molar-refractivity contribution in [2.45, 2.75) is 24.9 Å². The van der Waals surface area contributed by atoms with Gasteiger partial charge < -0.3 is 20.7 Å². The Hall–Kier alpha value is -1.70. The third-order valence-corrected chi connectivity index (χ3v) is 3.05. The first-order valence-electron chi connectivity index (χ1n) is 5.39. The van der Waals surface area contributed by atoms with Crippen LogP contribution >= 0.6 is 0 Å². The third kappa shape index (κ3) is 1.82. The molecule has 3 atom stereocenters. The predicted molar refractivity (Wildman–Crippen MR) is 63.7 cm³/mol. The van der Waals surface area contributed by atoms with Gasteiger partial charge >= 0.3 is 5.69 Å². The molecule has 0 aromatic carbocycles. The number of nitrogen functional groups attached to an aromatic ring is 1. The SMILES string of the molecule is C=C1[C@H](n2ccc(N)nc2=O)O[C@](C)(CO)[C@H]1O. The fraction of sp³-hybridized carbons (Fsp3) is 0.455. The fourth-order valence-corrected chi connectivity index (χ4v) is 1.89. The van der Waals surface area contributed by atoms with Crippen molar-refractivity contribution >= 4 is 5.82 Å². The van der Waals surface area contributed by atoms with Gasteiger partial charge in [0.1, 0.15) is 17.5 Å². The number of aliphatic hydroxyl groups excluding tert-OH is 2. The van der Waals surface area contributed by atoms with Crippen LogP contribution in [0.3, 0.4) is 0 Å². The molecule has 1 saturated heterocycles.